The summed E-state index contributed by atoms with van der Waals surface area (Å²) in [5, 5.41) is 3.23. The molecule has 0 aromatic heterocycles. The van der Waals surface area contributed by atoms with Gasteiger partial charge in [-0.1, -0.05) is 32.3 Å². The summed E-state index contributed by atoms with van der Waals surface area (Å²) in [4.78, 5) is 0. The third-order valence-electron chi connectivity index (χ3n) is 4.48. The Kier molecular flexibility index (Phi) is 4.92. The lowest BCUT2D eigenvalue weighted by atomic mass is 9.75. The topological polar surface area (TPSA) is 12.0 Å². The molecule has 2 rings (SSSR count). The van der Waals surface area contributed by atoms with Crippen molar-refractivity contribution in [3.05, 3.63) is 35.4 Å². The number of rotatable bonds is 4. The first-order valence-corrected chi connectivity index (χ1v) is 7.28. The molecule has 1 aliphatic rings. The molecule has 1 N–H and O–H groups in total. The van der Waals surface area contributed by atoms with Crippen molar-refractivity contribution in [3.63, 3.8) is 0 Å². The van der Waals surface area contributed by atoms with Crippen LogP contribution in [0.5, 0.6) is 0 Å². The molecule has 1 aromatic rings. The third-order valence-corrected chi connectivity index (χ3v) is 4.48. The normalized spacial score (nSPS) is 25.3. The van der Waals surface area contributed by atoms with Gasteiger partial charge >= 0.3 is 0 Å². The minimum absolute atomic E-state index is 0.00468. The molecule has 0 bridgehead atoms. The molecule has 3 heteroatoms. The Morgan fingerprint density at radius 1 is 1.32 bits per heavy atom. The lowest BCUT2D eigenvalue weighted by molar-refractivity contribution is 0.212. The number of halogens is 2. The molecule has 0 aliphatic heterocycles. The predicted molar refractivity (Wildman–Crippen MR) is 73.9 cm³/mol. The number of benzene rings is 1. The van der Waals surface area contributed by atoms with Crippen molar-refractivity contribution >= 4 is 0 Å². The molecule has 0 heterocycles. The number of hydrogen-bond donors (Lipinski definition) is 1. The molecule has 0 saturated heterocycles. The van der Waals surface area contributed by atoms with Gasteiger partial charge in [0.2, 0.25) is 0 Å². The van der Waals surface area contributed by atoms with E-state index in [9.17, 15) is 8.78 Å². The Labute approximate surface area is 114 Å². The standard InChI is InChI=1S/C16H23F2N/c1-3-11-5-4-6-12(9-11)16(19-2)14-8-7-13(17)10-15(14)18/h7-8,10-12,16,19H,3-6,9H2,1-2H3. The van der Waals surface area contributed by atoms with E-state index in [0.717, 1.165) is 24.8 Å². The first-order valence-electron chi connectivity index (χ1n) is 7.28. The minimum atomic E-state index is -0.508. The van der Waals surface area contributed by atoms with Crippen molar-refractivity contribution in [1.82, 2.24) is 5.32 Å². The quantitative estimate of drug-likeness (QED) is 0.850. The second-order valence-electron chi connectivity index (χ2n) is 5.63. The Balaban J connectivity index is 2.19. The summed E-state index contributed by atoms with van der Waals surface area (Å²) in [6.07, 6.45) is 5.95. The predicted octanol–water partition coefficient (Wildman–Crippen LogP) is 4.44. The molecule has 19 heavy (non-hydrogen) atoms. The molecule has 106 valence electrons. The monoisotopic (exact) mass is 267 g/mol. The van der Waals surface area contributed by atoms with E-state index in [-0.39, 0.29) is 6.04 Å². The van der Waals surface area contributed by atoms with Gasteiger partial charge in [0, 0.05) is 17.7 Å². The van der Waals surface area contributed by atoms with Crippen LogP contribution in [0.1, 0.15) is 50.6 Å². The zero-order chi connectivity index (χ0) is 13.8. The molecule has 3 unspecified atom stereocenters. The van der Waals surface area contributed by atoms with Crippen molar-refractivity contribution in [1.29, 1.82) is 0 Å². The van der Waals surface area contributed by atoms with E-state index >= 15 is 0 Å². The molecule has 1 aromatic carbocycles. The molecule has 1 fully saturated rings. The molecule has 1 nitrogen and oxygen atoms in total. The van der Waals surface area contributed by atoms with Crippen LogP contribution >= 0.6 is 0 Å². The van der Waals surface area contributed by atoms with Crippen LogP contribution in [0.15, 0.2) is 18.2 Å². The van der Waals surface area contributed by atoms with Crippen LogP contribution in [0.3, 0.4) is 0 Å². The summed E-state index contributed by atoms with van der Waals surface area (Å²) in [5.74, 6) is 0.255. The lowest BCUT2D eigenvalue weighted by Crippen LogP contribution is -2.30. The van der Waals surface area contributed by atoms with Crippen LogP contribution in [-0.2, 0) is 0 Å². The zero-order valence-electron chi connectivity index (χ0n) is 11.8. The van der Waals surface area contributed by atoms with Crippen LogP contribution in [0.4, 0.5) is 8.78 Å². The fourth-order valence-corrected chi connectivity index (χ4v) is 3.40. The van der Waals surface area contributed by atoms with Crippen molar-refractivity contribution < 1.29 is 8.78 Å². The number of nitrogens with one attached hydrogen (secondary N) is 1. The third kappa shape index (κ3) is 3.33. The van der Waals surface area contributed by atoms with Crippen LogP contribution in [0.25, 0.3) is 0 Å². The van der Waals surface area contributed by atoms with Gasteiger partial charge in [-0.3, -0.25) is 0 Å². The van der Waals surface area contributed by atoms with Gasteiger partial charge in [0.1, 0.15) is 11.6 Å². The zero-order valence-corrected chi connectivity index (χ0v) is 11.8. The van der Waals surface area contributed by atoms with Gasteiger partial charge in [-0.25, -0.2) is 8.78 Å². The largest absolute Gasteiger partial charge is 0.313 e. The number of hydrogen-bond acceptors (Lipinski definition) is 1. The highest BCUT2D eigenvalue weighted by Crippen LogP contribution is 2.38. The first-order chi connectivity index (χ1) is 9.15. The van der Waals surface area contributed by atoms with E-state index in [0.29, 0.717) is 11.5 Å². The highest BCUT2D eigenvalue weighted by Gasteiger charge is 2.29. The molecule has 3 atom stereocenters. The summed E-state index contributed by atoms with van der Waals surface area (Å²) >= 11 is 0. The maximum Gasteiger partial charge on any atom is 0.130 e. The Hall–Kier alpha value is -0.960. The van der Waals surface area contributed by atoms with Crippen molar-refractivity contribution in [2.24, 2.45) is 11.8 Å². The Bertz CT molecular complexity index is 419. The summed E-state index contributed by atoms with van der Waals surface area (Å²) < 4.78 is 27.0. The van der Waals surface area contributed by atoms with E-state index in [4.69, 9.17) is 0 Å². The summed E-state index contributed by atoms with van der Waals surface area (Å²) in [6.45, 7) is 2.22. The summed E-state index contributed by atoms with van der Waals surface area (Å²) in [6, 6.07) is 3.92. The van der Waals surface area contributed by atoms with Crippen molar-refractivity contribution in [2.45, 2.75) is 45.1 Å². The molecule has 0 radical (unpaired) electrons. The molecule has 0 amide bonds. The summed E-state index contributed by atoms with van der Waals surface area (Å²) in [5.41, 5.74) is 0.602. The van der Waals surface area contributed by atoms with Gasteiger partial charge in [0.05, 0.1) is 0 Å². The van der Waals surface area contributed by atoms with Gasteiger partial charge in [-0.15, -0.1) is 0 Å². The fraction of sp³-hybridized carbons (Fsp3) is 0.625. The van der Waals surface area contributed by atoms with E-state index in [1.165, 1.54) is 25.3 Å². The van der Waals surface area contributed by atoms with Gasteiger partial charge in [0.25, 0.3) is 0 Å². The van der Waals surface area contributed by atoms with Crippen LogP contribution in [-0.4, -0.2) is 7.05 Å². The van der Waals surface area contributed by atoms with Crippen LogP contribution in [0, 0.1) is 23.5 Å². The van der Waals surface area contributed by atoms with Crippen molar-refractivity contribution in [2.75, 3.05) is 7.05 Å². The fourth-order valence-electron chi connectivity index (χ4n) is 3.40. The lowest BCUT2D eigenvalue weighted by Gasteiger charge is -2.34. The highest BCUT2D eigenvalue weighted by molar-refractivity contribution is 5.23. The molecular formula is C16H23F2N. The van der Waals surface area contributed by atoms with E-state index in [1.54, 1.807) is 6.07 Å². The molecule has 1 saturated carbocycles. The van der Waals surface area contributed by atoms with Gasteiger partial charge in [0.15, 0.2) is 0 Å². The van der Waals surface area contributed by atoms with Crippen LogP contribution in [0.2, 0.25) is 0 Å². The van der Waals surface area contributed by atoms with Crippen molar-refractivity contribution in [3.8, 4) is 0 Å². The minimum Gasteiger partial charge on any atom is -0.313 e. The average molecular weight is 267 g/mol. The molecule has 0 spiro atoms. The van der Waals surface area contributed by atoms with Gasteiger partial charge in [-0.05, 0) is 37.8 Å². The first kappa shape index (κ1) is 14.4. The average Bonchev–Trinajstić information content (AvgIpc) is 2.42. The maximum absolute atomic E-state index is 13.9. The highest BCUT2D eigenvalue weighted by atomic mass is 19.1. The van der Waals surface area contributed by atoms with Gasteiger partial charge in [-0.2, -0.15) is 0 Å². The SMILES string of the molecule is CCC1CCCC(C(NC)c2ccc(F)cc2F)C1. The summed E-state index contributed by atoms with van der Waals surface area (Å²) in [7, 11) is 1.86. The second-order valence-corrected chi connectivity index (χ2v) is 5.63. The molecular weight excluding hydrogens is 244 g/mol. The van der Waals surface area contributed by atoms with E-state index in [1.807, 2.05) is 7.05 Å². The second kappa shape index (κ2) is 6.47. The van der Waals surface area contributed by atoms with E-state index < -0.39 is 11.6 Å². The van der Waals surface area contributed by atoms with E-state index in [2.05, 4.69) is 12.2 Å². The Morgan fingerprint density at radius 3 is 2.74 bits per heavy atom. The maximum atomic E-state index is 13.9. The molecule has 1 aliphatic carbocycles. The Morgan fingerprint density at radius 2 is 2.11 bits per heavy atom. The smallest absolute Gasteiger partial charge is 0.130 e. The van der Waals surface area contributed by atoms with Crippen LogP contribution < -0.4 is 5.32 Å². The van der Waals surface area contributed by atoms with Gasteiger partial charge < -0.3 is 5.32 Å².